The molecule has 0 unspecified atom stereocenters. The minimum absolute atomic E-state index is 0.606. The molecule has 294 valence electrons. The summed E-state index contributed by atoms with van der Waals surface area (Å²) in [6.45, 7) is 0. The third-order valence-electron chi connectivity index (χ3n) is 12.4. The summed E-state index contributed by atoms with van der Waals surface area (Å²) >= 11 is 0. The first-order valence-corrected chi connectivity index (χ1v) is 21.2. The lowest BCUT2D eigenvalue weighted by Gasteiger charge is -2.09. The van der Waals surface area contributed by atoms with E-state index in [1.54, 1.807) is 0 Å². The minimum Gasteiger partial charge on any atom is -0.455 e. The van der Waals surface area contributed by atoms with E-state index in [0.717, 1.165) is 82.9 Å². The predicted molar refractivity (Wildman–Crippen MR) is 258 cm³/mol. The van der Waals surface area contributed by atoms with Crippen LogP contribution in [0, 0.1) is 0 Å². The molecule has 0 aliphatic rings. The van der Waals surface area contributed by atoms with Gasteiger partial charge in [0, 0.05) is 55.0 Å². The van der Waals surface area contributed by atoms with Crippen molar-refractivity contribution in [2.45, 2.75) is 0 Å². The van der Waals surface area contributed by atoms with Gasteiger partial charge in [-0.1, -0.05) is 127 Å². The molecule has 0 fully saturated rings. The van der Waals surface area contributed by atoms with Crippen LogP contribution in [0.15, 0.2) is 217 Å². The van der Waals surface area contributed by atoms with E-state index in [1.165, 1.54) is 21.8 Å². The van der Waals surface area contributed by atoms with Gasteiger partial charge in [0.25, 0.3) is 0 Å². The number of fused-ring (bicyclic) bond motifs is 10. The fraction of sp³-hybridized carbons (Fsp3) is 0. The van der Waals surface area contributed by atoms with Crippen LogP contribution in [0.5, 0.6) is 0 Å². The van der Waals surface area contributed by atoms with Crippen molar-refractivity contribution in [3.63, 3.8) is 0 Å². The van der Waals surface area contributed by atoms with Gasteiger partial charge >= 0.3 is 0 Å². The van der Waals surface area contributed by atoms with Gasteiger partial charge in [-0.25, -0.2) is 15.0 Å². The maximum absolute atomic E-state index is 6.93. The molecule has 6 nitrogen and oxygen atoms in total. The maximum Gasteiger partial charge on any atom is 0.164 e. The summed E-state index contributed by atoms with van der Waals surface area (Å²) in [5.74, 6) is 1.86. The molecule has 13 rings (SSSR count). The molecule has 0 spiro atoms. The number of benzene rings is 9. The quantitative estimate of drug-likeness (QED) is 0.168. The largest absolute Gasteiger partial charge is 0.455 e. The van der Waals surface area contributed by atoms with E-state index in [4.69, 9.17) is 19.4 Å². The molecular weight excluding hydrogens is 771 g/mol. The fourth-order valence-corrected chi connectivity index (χ4v) is 9.46. The first kappa shape index (κ1) is 35.2. The smallest absolute Gasteiger partial charge is 0.164 e. The van der Waals surface area contributed by atoms with Crippen LogP contribution >= 0.6 is 0 Å². The minimum atomic E-state index is 0.606. The lowest BCUT2D eigenvalue weighted by atomic mass is 10.00. The van der Waals surface area contributed by atoms with Crippen molar-refractivity contribution in [1.29, 1.82) is 0 Å². The molecule has 4 heterocycles. The number of hydrogen-bond donors (Lipinski definition) is 0. The number of para-hydroxylation sites is 3. The molecule has 0 aliphatic carbocycles. The van der Waals surface area contributed by atoms with E-state index in [9.17, 15) is 0 Å². The molecule has 0 saturated carbocycles. The Morgan fingerprint density at radius 1 is 0.302 bits per heavy atom. The normalized spacial score (nSPS) is 11.8. The highest BCUT2D eigenvalue weighted by Crippen LogP contribution is 2.43. The van der Waals surface area contributed by atoms with E-state index in [2.05, 4.69) is 155 Å². The van der Waals surface area contributed by atoms with Crippen molar-refractivity contribution < 1.29 is 4.42 Å². The summed E-state index contributed by atoms with van der Waals surface area (Å²) in [6.07, 6.45) is 0. The molecule has 13 aromatic rings. The standard InChI is InChI=1S/C57H35N5O/c1-5-15-36(16-6-1)55-58-56(37-17-7-2-8-18-37)60-57(59-55)40-27-32-52-46(35-40)44-28-31-51-53(54(44)63-52)47-34-39(26-30-50(47)62(51)42-21-11-4-12-22-42)38-25-29-49-45(33-38)43-23-13-14-24-48(43)61(49)41-19-9-3-10-20-41/h1-35H. The lowest BCUT2D eigenvalue weighted by molar-refractivity contribution is 0.673. The van der Waals surface area contributed by atoms with E-state index >= 15 is 0 Å². The van der Waals surface area contributed by atoms with Crippen LogP contribution in [0.25, 0.3) is 122 Å². The molecule has 6 heteroatoms. The Hall–Kier alpha value is -8.61. The van der Waals surface area contributed by atoms with Gasteiger partial charge in [-0.3, -0.25) is 0 Å². The molecule has 0 aliphatic heterocycles. The molecule has 0 bridgehead atoms. The number of rotatable bonds is 6. The van der Waals surface area contributed by atoms with Crippen LogP contribution in [0.3, 0.4) is 0 Å². The topological polar surface area (TPSA) is 61.7 Å². The Bertz CT molecular complexity index is 3830. The molecule has 63 heavy (non-hydrogen) atoms. The van der Waals surface area contributed by atoms with Gasteiger partial charge in [0.2, 0.25) is 0 Å². The Morgan fingerprint density at radius 3 is 1.40 bits per heavy atom. The van der Waals surface area contributed by atoms with Gasteiger partial charge in [-0.05, 0) is 96.1 Å². The van der Waals surface area contributed by atoms with Crippen LogP contribution < -0.4 is 0 Å². The highest BCUT2D eigenvalue weighted by molar-refractivity contribution is 6.24. The van der Waals surface area contributed by atoms with Gasteiger partial charge in [-0.15, -0.1) is 0 Å². The van der Waals surface area contributed by atoms with E-state index in [0.29, 0.717) is 17.5 Å². The van der Waals surface area contributed by atoms with Gasteiger partial charge in [0.1, 0.15) is 11.2 Å². The second kappa shape index (κ2) is 14.0. The SMILES string of the molecule is c1ccc(-c2nc(-c3ccccc3)nc(-c3ccc4oc5c(ccc6c5c5cc(-c7ccc8c(c7)c7ccccc7n8-c7ccccc7)ccc5n6-c5ccccc5)c4c3)n2)cc1. The zero-order valence-corrected chi connectivity index (χ0v) is 33.9. The molecule has 0 radical (unpaired) electrons. The predicted octanol–water partition coefficient (Wildman–Crippen LogP) is 14.6. The van der Waals surface area contributed by atoms with Gasteiger partial charge in [0.15, 0.2) is 17.5 Å². The maximum atomic E-state index is 6.93. The van der Waals surface area contributed by atoms with Crippen molar-refractivity contribution in [3.8, 4) is 56.7 Å². The first-order valence-electron chi connectivity index (χ1n) is 21.2. The second-order valence-corrected chi connectivity index (χ2v) is 16.0. The summed E-state index contributed by atoms with van der Waals surface area (Å²) in [6, 6.07) is 74.5. The molecule has 0 atom stereocenters. The van der Waals surface area contributed by atoms with E-state index < -0.39 is 0 Å². The van der Waals surface area contributed by atoms with Gasteiger partial charge in [-0.2, -0.15) is 0 Å². The summed E-state index contributed by atoms with van der Waals surface area (Å²) in [5.41, 5.74) is 13.5. The number of furan rings is 1. The van der Waals surface area contributed by atoms with Crippen LogP contribution in [0.2, 0.25) is 0 Å². The Morgan fingerprint density at radius 2 is 0.762 bits per heavy atom. The molecule has 0 N–H and O–H groups in total. The molecule has 9 aromatic carbocycles. The third-order valence-corrected chi connectivity index (χ3v) is 12.4. The monoisotopic (exact) mass is 805 g/mol. The summed E-state index contributed by atoms with van der Waals surface area (Å²) in [7, 11) is 0. The first-order chi connectivity index (χ1) is 31.2. The van der Waals surface area contributed by atoms with Crippen molar-refractivity contribution >= 4 is 65.6 Å². The van der Waals surface area contributed by atoms with Crippen LogP contribution in [0.1, 0.15) is 0 Å². The zero-order valence-electron chi connectivity index (χ0n) is 33.9. The third kappa shape index (κ3) is 5.62. The second-order valence-electron chi connectivity index (χ2n) is 16.0. The van der Waals surface area contributed by atoms with E-state index in [-0.39, 0.29) is 0 Å². The van der Waals surface area contributed by atoms with Crippen molar-refractivity contribution in [2.24, 2.45) is 0 Å². The van der Waals surface area contributed by atoms with Crippen molar-refractivity contribution in [1.82, 2.24) is 24.1 Å². The van der Waals surface area contributed by atoms with Crippen LogP contribution in [-0.4, -0.2) is 24.1 Å². The van der Waals surface area contributed by atoms with E-state index in [1.807, 2.05) is 66.7 Å². The molecule has 0 saturated heterocycles. The number of hydrogen-bond acceptors (Lipinski definition) is 4. The van der Waals surface area contributed by atoms with Gasteiger partial charge in [0.05, 0.1) is 27.5 Å². The highest BCUT2D eigenvalue weighted by atomic mass is 16.3. The average molecular weight is 806 g/mol. The van der Waals surface area contributed by atoms with Crippen molar-refractivity contribution in [2.75, 3.05) is 0 Å². The number of nitrogens with zero attached hydrogens (tertiary/aromatic N) is 5. The Balaban J connectivity index is 1.01. The summed E-state index contributed by atoms with van der Waals surface area (Å²) in [4.78, 5) is 15.0. The van der Waals surface area contributed by atoms with Crippen LogP contribution in [0.4, 0.5) is 0 Å². The Kier molecular flexibility index (Phi) is 7.80. The summed E-state index contributed by atoms with van der Waals surface area (Å²) in [5, 5.41) is 6.69. The van der Waals surface area contributed by atoms with Crippen molar-refractivity contribution in [3.05, 3.63) is 212 Å². The highest BCUT2D eigenvalue weighted by Gasteiger charge is 2.21. The number of aromatic nitrogens is 5. The van der Waals surface area contributed by atoms with Gasteiger partial charge < -0.3 is 13.6 Å². The Labute approximate surface area is 361 Å². The summed E-state index contributed by atoms with van der Waals surface area (Å²) < 4.78 is 11.6. The lowest BCUT2D eigenvalue weighted by Crippen LogP contribution is -2.00. The zero-order chi connectivity index (χ0) is 41.4. The van der Waals surface area contributed by atoms with Crippen LogP contribution in [-0.2, 0) is 0 Å². The molecule has 0 amide bonds. The fourth-order valence-electron chi connectivity index (χ4n) is 9.46. The average Bonchev–Trinajstić information content (AvgIpc) is 4.02. The molecule has 4 aromatic heterocycles. The molecular formula is C57H35N5O.